The number of phenols is 1. The second-order valence-electron chi connectivity index (χ2n) is 3.07. The molecule has 0 fully saturated rings. The largest absolute Gasteiger partial charge is 0.508 e. The van der Waals surface area contributed by atoms with Gasteiger partial charge in [0.2, 0.25) is 0 Å². The molecule has 0 spiro atoms. The number of carbonyl (C=O) groups excluding carboxylic acids is 1. The monoisotopic (exact) mass is 203 g/mol. The molecule has 2 rings (SSSR count). The van der Waals surface area contributed by atoms with Gasteiger partial charge in [-0.2, -0.15) is 0 Å². The highest BCUT2D eigenvalue weighted by molar-refractivity contribution is 5.97. The van der Waals surface area contributed by atoms with Gasteiger partial charge in [-0.1, -0.05) is 12.1 Å². The number of phenolic OH excluding ortho intramolecular Hbond substituents is 1. The second kappa shape index (κ2) is 3.49. The van der Waals surface area contributed by atoms with E-state index in [-0.39, 0.29) is 11.5 Å². The first-order chi connectivity index (χ1) is 7.18. The van der Waals surface area contributed by atoms with E-state index in [2.05, 4.69) is 0 Å². The Hall–Kier alpha value is -2.23. The van der Waals surface area contributed by atoms with Crippen molar-refractivity contribution in [2.24, 2.45) is 5.73 Å². The summed E-state index contributed by atoms with van der Waals surface area (Å²) >= 11 is 0. The summed E-state index contributed by atoms with van der Waals surface area (Å²) < 4.78 is 4.97. The van der Waals surface area contributed by atoms with E-state index in [0.29, 0.717) is 5.56 Å². The fourth-order valence-electron chi connectivity index (χ4n) is 1.37. The molecule has 1 amide bonds. The van der Waals surface area contributed by atoms with Crippen LogP contribution in [0.25, 0.3) is 11.1 Å². The number of rotatable bonds is 2. The van der Waals surface area contributed by atoms with Crippen molar-refractivity contribution in [3.8, 4) is 16.9 Å². The molecule has 1 heterocycles. The molecule has 76 valence electrons. The molecule has 15 heavy (non-hydrogen) atoms. The van der Waals surface area contributed by atoms with Crippen LogP contribution in [-0.4, -0.2) is 11.0 Å². The summed E-state index contributed by atoms with van der Waals surface area (Å²) in [6.45, 7) is 0. The number of nitrogens with two attached hydrogens (primary N) is 1. The Morgan fingerprint density at radius 1 is 1.20 bits per heavy atom. The van der Waals surface area contributed by atoms with E-state index in [9.17, 15) is 4.79 Å². The van der Waals surface area contributed by atoms with Gasteiger partial charge < -0.3 is 15.3 Å². The number of hydrogen-bond acceptors (Lipinski definition) is 3. The molecule has 0 saturated carbocycles. The van der Waals surface area contributed by atoms with Gasteiger partial charge in [-0.25, -0.2) is 0 Å². The third kappa shape index (κ3) is 1.69. The maximum absolute atomic E-state index is 11.0. The minimum Gasteiger partial charge on any atom is -0.508 e. The molecule has 0 aliphatic heterocycles. The maximum Gasteiger partial charge on any atom is 0.285 e. The predicted molar refractivity (Wildman–Crippen MR) is 54.3 cm³/mol. The number of carbonyl (C=O) groups is 1. The first-order valence-corrected chi connectivity index (χ1v) is 4.35. The van der Waals surface area contributed by atoms with Crippen LogP contribution in [0.1, 0.15) is 10.6 Å². The van der Waals surface area contributed by atoms with Gasteiger partial charge in [-0.3, -0.25) is 4.79 Å². The lowest BCUT2D eigenvalue weighted by Gasteiger charge is -1.99. The minimum atomic E-state index is -0.608. The molecule has 0 radical (unpaired) electrons. The van der Waals surface area contributed by atoms with Crippen molar-refractivity contribution < 1.29 is 14.3 Å². The van der Waals surface area contributed by atoms with Gasteiger partial charge in [-0.05, 0) is 23.8 Å². The lowest BCUT2D eigenvalue weighted by molar-refractivity contribution is 0.0975. The molecule has 4 heteroatoms. The standard InChI is InChI=1S/C11H9NO3/c12-11(14)10-9(5-6-15-10)7-1-3-8(13)4-2-7/h1-6,13H,(H2,12,14). The van der Waals surface area contributed by atoms with Crippen LogP contribution in [0, 0.1) is 0 Å². The second-order valence-corrected chi connectivity index (χ2v) is 3.07. The molecule has 0 atom stereocenters. The highest BCUT2D eigenvalue weighted by atomic mass is 16.3. The molecule has 1 aromatic heterocycles. The van der Waals surface area contributed by atoms with Crippen molar-refractivity contribution in [1.29, 1.82) is 0 Å². The Labute approximate surface area is 85.9 Å². The Balaban J connectivity index is 2.49. The Morgan fingerprint density at radius 2 is 1.87 bits per heavy atom. The molecular weight excluding hydrogens is 194 g/mol. The third-order valence-corrected chi connectivity index (χ3v) is 2.07. The van der Waals surface area contributed by atoms with Gasteiger partial charge in [0.05, 0.1) is 6.26 Å². The van der Waals surface area contributed by atoms with Crippen LogP contribution in [-0.2, 0) is 0 Å². The summed E-state index contributed by atoms with van der Waals surface area (Å²) in [6, 6.07) is 8.10. The van der Waals surface area contributed by atoms with Crippen LogP contribution in [0.3, 0.4) is 0 Å². The molecule has 2 aromatic rings. The summed E-state index contributed by atoms with van der Waals surface area (Å²) in [5, 5.41) is 9.12. The number of amides is 1. The van der Waals surface area contributed by atoms with Crippen molar-refractivity contribution in [2.45, 2.75) is 0 Å². The maximum atomic E-state index is 11.0. The molecule has 3 N–H and O–H groups in total. The molecule has 0 bridgehead atoms. The van der Waals surface area contributed by atoms with Gasteiger partial charge in [0, 0.05) is 5.56 Å². The summed E-state index contributed by atoms with van der Waals surface area (Å²) in [4.78, 5) is 11.0. The zero-order chi connectivity index (χ0) is 10.8. The Kier molecular flexibility index (Phi) is 2.17. The van der Waals surface area contributed by atoms with Crippen LogP contribution in [0.15, 0.2) is 41.0 Å². The van der Waals surface area contributed by atoms with Crippen LogP contribution < -0.4 is 5.73 Å². The fourth-order valence-corrected chi connectivity index (χ4v) is 1.37. The number of furan rings is 1. The molecule has 0 unspecified atom stereocenters. The van der Waals surface area contributed by atoms with E-state index < -0.39 is 5.91 Å². The van der Waals surface area contributed by atoms with Gasteiger partial charge in [0.25, 0.3) is 5.91 Å². The smallest absolute Gasteiger partial charge is 0.285 e. The van der Waals surface area contributed by atoms with Gasteiger partial charge >= 0.3 is 0 Å². The molecule has 0 aliphatic carbocycles. The average molecular weight is 203 g/mol. The summed E-state index contributed by atoms with van der Waals surface area (Å²) in [5.74, 6) is -0.313. The lowest BCUT2D eigenvalue weighted by atomic mass is 10.1. The van der Waals surface area contributed by atoms with Gasteiger partial charge in [0.1, 0.15) is 5.75 Å². The Morgan fingerprint density at radius 3 is 2.47 bits per heavy atom. The predicted octanol–water partition coefficient (Wildman–Crippen LogP) is 1.75. The van der Waals surface area contributed by atoms with Crippen molar-refractivity contribution in [3.05, 3.63) is 42.4 Å². The zero-order valence-corrected chi connectivity index (χ0v) is 7.81. The van der Waals surface area contributed by atoms with Crippen LogP contribution in [0.4, 0.5) is 0 Å². The van der Waals surface area contributed by atoms with Crippen LogP contribution in [0.2, 0.25) is 0 Å². The van der Waals surface area contributed by atoms with Crippen molar-refractivity contribution in [1.82, 2.24) is 0 Å². The molecule has 0 saturated heterocycles. The number of benzene rings is 1. The SMILES string of the molecule is NC(=O)c1occc1-c1ccc(O)cc1. The zero-order valence-electron chi connectivity index (χ0n) is 7.81. The Bertz CT molecular complexity index is 485. The van der Waals surface area contributed by atoms with Crippen molar-refractivity contribution in [2.75, 3.05) is 0 Å². The third-order valence-electron chi connectivity index (χ3n) is 2.07. The topological polar surface area (TPSA) is 76.5 Å². The van der Waals surface area contributed by atoms with E-state index >= 15 is 0 Å². The molecular formula is C11H9NO3. The van der Waals surface area contributed by atoms with E-state index in [1.165, 1.54) is 18.4 Å². The van der Waals surface area contributed by atoms with Gasteiger partial charge in [-0.15, -0.1) is 0 Å². The number of primary amides is 1. The summed E-state index contributed by atoms with van der Waals surface area (Å²) in [5.41, 5.74) is 6.54. The van der Waals surface area contributed by atoms with E-state index in [0.717, 1.165) is 5.56 Å². The molecule has 4 nitrogen and oxygen atoms in total. The highest BCUT2D eigenvalue weighted by Crippen LogP contribution is 2.25. The lowest BCUT2D eigenvalue weighted by Crippen LogP contribution is -2.10. The summed E-state index contributed by atoms with van der Waals surface area (Å²) in [6.07, 6.45) is 1.41. The minimum absolute atomic E-state index is 0.126. The first kappa shape index (κ1) is 9.33. The highest BCUT2D eigenvalue weighted by Gasteiger charge is 2.13. The normalized spacial score (nSPS) is 10.1. The van der Waals surface area contributed by atoms with Crippen LogP contribution in [0.5, 0.6) is 5.75 Å². The number of aromatic hydroxyl groups is 1. The molecule has 0 aliphatic rings. The fraction of sp³-hybridized carbons (Fsp3) is 0. The number of hydrogen-bond donors (Lipinski definition) is 2. The molecule has 1 aromatic carbocycles. The first-order valence-electron chi connectivity index (χ1n) is 4.35. The van der Waals surface area contributed by atoms with Crippen molar-refractivity contribution >= 4 is 5.91 Å². The van der Waals surface area contributed by atoms with E-state index in [4.69, 9.17) is 15.3 Å². The quantitative estimate of drug-likeness (QED) is 0.780. The van der Waals surface area contributed by atoms with Gasteiger partial charge in [0.15, 0.2) is 5.76 Å². The van der Waals surface area contributed by atoms with Crippen LogP contribution >= 0.6 is 0 Å². The van der Waals surface area contributed by atoms with E-state index in [1.54, 1.807) is 18.2 Å². The average Bonchev–Trinajstić information content (AvgIpc) is 2.67. The van der Waals surface area contributed by atoms with E-state index in [1.807, 2.05) is 0 Å². The summed E-state index contributed by atoms with van der Waals surface area (Å²) in [7, 11) is 0. The van der Waals surface area contributed by atoms with Crippen molar-refractivity contribution in [3.63, 3.8) is 0 Å².